The molecule has 0 aromatic heterocycles. The lowest BCUT2D eigenvalue weighted by Gasteiger charge is -1.97. The molecule has 66 valence electrons. The Labute approximate surface area is 74.1 Å². The minimum Gasteiger partial charge on any atom is -0.330 e. The standard InChI is InChI=1S/C9H18OS/c1-2-3-4-5-6-7-8-9-11-10/h2,10H,1,3-9H2. The molecule has 0 aliphatic rings. The van der Waals surface area contributed by atoms with Gasteiger partial charge in [-0.1, -0.05) is 25.3 Å². The molecular weight excluding hydrogens is 156 g/mol. The Hall–Kier alpha value is 0.0500. The van der Waals surface area contributed by atoms with Gasteiger partial charge in [0.1, 0.15) is 0 Å². The molecular formula is C9H18OS. The van der Waals surface area contributed by atoms with Crippen molar-refractivity contribution in [2.24, 2.45) is 0 Å². The summed E-state index contributed by atoms with van der Waals surface area (Å²) < 4.78 is 8.41. The van der Waals surface area contributed by atoms with Crippen LogP contribution in [0.25, 0.3) is 0 Å². The van der Waals surface area contributed by atoms with Gasteiger partial charge >= 0.3 is 0 Å². The summed E-state index contributed by atoms with van der Waals surface area (Å²) >= 11 is 0.954. The second kappa shape index (κ2) is 10.0. The van der Waals surface area contributed by atoms with Gasteiger partial charge in [0, 0.05) is 5.75 Å². The fourth-order valence-electron chi connectivity index (χ4n) is 0.986. The van der Waals surface area contributed by atoms with Gasteiger partial charge in [-0.05, 0) is 31.3 Å². The van der Waals surface area contributed by atoms with Crippen molar-refractivity contribution in [3.63, 3.8) is 0 Å². The van der Waals surface area contributed by atoms with E-state index in [9.17, 15) is 0 Å². The first-order valence-corrected chi connectivity index (χ1v) is 5.23. The van der Waals surface area contributed by atoms with Crippen LogP contribution in [0.2, 0.25) is 0 Å². The Bertz CT molecular complexity index is 83.6. The summed E-state index contributed by atoms with van der Waals surface area (Å²) in [6.45, 7) is 3.67. The van der Waals surface area contributed by atoms with E-state index >= 15 is 0 Å². The van der Waals surface area contributed by atoms with Crippen molar-refractivity contribution in [1.82, 2.24) is 0 Å². The molecule has 0 radical (unpaired) electrons. The van der Waals surface area contributed by atoms with Crippen molar-refractivity contribution in [2.75, 3.05) is 5.75 Å². The minimum atomic E-state index is 0.890. The van der Waals surface area contributed by atoms with E-state index in [2.05, 4.69) is 6.58 Å². The largest absolute Gasteiger partial charge is 0.330 e. The average Bonchev–Trinajstić information content (AvgIpc) is 2.03. The second-order valence-corrected chi connectivity index (χ2v) is 3.34. The van der Waals surface area contributed by atoms with Crippen LogP contribution in [-0.2, 0) is 0 Å². The number of hydrogen-bond donors (Lipinski definition) is 1. The molecule has 0 bridgehead atoms. The maximum atomic E-state index is 8.41. The summed E-state index contributed by atoms with van der Waals surface area (Å²) in [5.41, 5.74) is 0. The first-order valence-electron chi connectivity index (χ1n) is 4.29. The second-order valence-electron chi connectivity index (χ2n) is 2.68. The van der Waals surface area contributed by atoms with E-state index in [-0.39, 0.29) is 0 Å². The van der Waals surface area contributed by atoms with Crippen molar-refractivity contribution >= 4 is 12.0 Å². The molecule has 0 heterocycles. The third-order valence-electron chi connectivity index (χ3n) is 1.64. The van der Waals surface area contributed by atoms with Crippen LogP contribution in [0, 0.1) is 0 Å². The Morgan fingerprint density at radius 3 is 2.36 bits per heavy atom. The molecule has 0 fully saturated rings. The molecule has 0 aromatic carbocycles. The highest BCUT2D eigenvalue weighted by molar-refractivity contribution is 7.93. The Morgan fingerprint density at radius 2 is 1.73 bits per heavy atom. The quantitative estimate of drug-likeness (QED) is 0.344. The predicted molar refractivity (Wildman–Crippen MR) is 53.0 cm³/mol. The van der Waals surface area contributed by atoms with Crippen LogP contribution in [0.1, 0.15) is 38.5 Å². The SMILES string of the molecule is C=CCCCCCCCSO. The van der Waals surface area contributed by atoms with Crippen LogP contribution in [-0.4, -0.2) is 10.3 Å². The van der Waals surface area contributed by atoms with Gasteiger partial charge in [-0.3, -0.25) is 0 Å². The van der Waals surface area contributed by atoms with Gasteiger partial charge in [0.25, 0.3) is 0 Å². The van der Waals surface area contributed by atoms with E-state index in [4.69, 9.17) is 4.55 Å². The molecule has 0 atom stereocenters. The van der Waals surface area contributed by atoms with Gasteiger partial charge in [0.05, 0.1) is 0 Å². The lowest BCUT2D eigenvalue weighted by Crippen LogP contribution is -1.80. The first-order chi connectivity index (χ1) is 5.41. The summed E-state index contributed by atoms with van der Waals surface area (Å²) in [7, 11) is 0. The van der Waals surface area contributed by atoms with Gasteiger partial charge in [-0.2, -0.15) is 0 Å². The minimum absolute atomic E-state index is 0.890. The molecule has 2 heteroatoms. The lowest BCUT2D eigenvalue weighted by molar-refractivity contribution is 0.627. The summed E-state index contributed by atoms with van der Waals surface area (Å²) in [6.07, 6.45) is 9.41. The molecule has 1 nitrogen and oxygen atoms in total. The highest BCUT2D eigenvalue weighted by atomic mass is 32.2. The van der Waals surface area contributed by atoms with Crippen LogP contribution in [0.4, 0.5) is 0 Å². The van der Waals surface area contributed by atoms with Crippen LogP contribution in [0.5, 0.6) is 0 Å². The van der Waals surface area contributed by atoms with Crippen molar-refractivity contribution in [2.45, 2.75) is 38.5 Å². The van der Waals surface area contributed by atoms with E-state index in [0.717, 1.165) is 30.6 Å². The molecule has 0 aliphatic carbocycles. The zero-order valence-corrected chi connectivity index (χ0v) is 7.91. The lowest BCUT2D eigenvalue weighted by atomic mass is 10.1. The van der Waals surface area contributed by atoms with Crippen molar-refractivity contribution < 1.29 is 4.55 Å². The summed E-state index contributed by atoms with van der Waals surface area (Å²) in [6, 6.07) is 0. The van der Waals surface area contributed by atoms with E-state index in [1.807, 2.05) is 6.08 Å². The Balaban J connectivity index is 2.74. The summed E-state index contributed by atoms with van der Waals surface area (Å²) in [5.74, 6) is 0.890. The van der Waals surface area contributed by atoms with Crippen molar-refractivity contribution in [3.8, 4) is 0 Å². The molecule has 1 N–H and O–H groups in total. The molecule has 0 amide bonds. The van der Waals surface area contributed by atoms with Crippen LogP contribution < -0.4 is 0 Å². The van der Waals surface area contributed by atoms with Gasteiger partial charge in [0.15, 0.2) is 0 Å². The molecule has 0 spiro atoms. The van der Waals surface area contributed by atoms with Crippen LogP contribution >= 0.6 is 12.0 Å². The van der Waals surface area contributed by atoms with Crippen LogP contribution in [0.15, 0.2) is 12.7 Å². The molecule has 11 heavy (non-hydrogen) atoms. The first kappa shape index (κ1) is 11.1. The molecule has 0 saturated carbocycles. The third-order valence-corrected chi connectivity index (χ3v) is 2.12. The number of unbranched alkanes of at least 4 members (excludes halogenated alkanes) is 5. The average molecular weight is 174 g/mol. The maximum absolute atomic E-state index is 8.41. The molecule has 0 rings (SSSR count). The Morgan fingerprint density at radius 1 is 1.09 bits per heavy atom. The van der Waals surface area contributed by atoms with E-state index in [0.29, 0.717) is 0 Å². The van der Waals surface area contributed by atoms with Gasteiger partial charge in [0.2, 0.25) is 0 Å². The molecule has 0 saturated heterocycles. The smallest absolute Gasteiger partial charge is 0.0195 e. The summed E-state index contributed by atoms with van der Waals surface area (Å²) in [4.78, 5) is 0. The van der Waals surface area contributed by atoms with E-state index in [1.54, 1.807) is 0 Å². The normalized spacial score (nSPS) is 9.91. The Kier molecular flexibility index (Phi) is 10.1. The van der Waals surface area contributed by atoms with E-state index in [1.165, 1.54) is 25.7 Å². The maximum Gasteiger partial charge on any atom is 0.0195 e. The highest BCUT2D eigenvalue weighted by Crippen LogP contribution is 2.07. The number of hydrogen-bond acceptors (Lipinski definition) is 2. The van der Waals surface area contributed by atoms with Crippen molar-refractivity contribution in [3.05, 3.63) is 12.7 Å². The molecule has 0 aromatic rings. The third kappa shape index (κ3) is 10.1. The number of rotatable bonds is 8. The van der Waals surface area contributed by atoms with Gasteiger partial charge in [-0.25, -0.2) is 0 Å². The number of allylic oxidation sites excluding steroid dienone is 1. The highest BCUT2D eigenvalue weighted by Gasteiger charge is 1.89. The fraction of sp³-hybridized carbons (Fsp3) is 0.778. The molecule has 0 aliphatic heterocycles. The van der Waals surface area contributed by atoms with Gasteiger partial charge < -0.3 is 4.55 Å². The van der Waals surface area contributed by atoms with Crippen LogP contribution in [0.3, 0.4) is 0 Å². The van der Waals surface area contributed by atoms with E-state index < -0.39 is 0 Å². The zero-order chi connectivity index (χ0) is 8.36. The van der Waals surface area contributed by atoms with Gasteiger partial charge in [-0.15, -0.1) is 6.58 Å². The zero-order valence-electron chi connectivity index (χ0n) is 7.09. The summed E-state index contributed by atoms with van der Waals surface area (Å²) in [5, 5.41) is 0. The predicted octanol–water partition coefficient (Wildman–Crippen LogP) is 3.72. The fourth-order valence-corrected chi connectivity index (χ4v) is 1.32. The monoisotopic (exact) mass is 174 g/mol. The molecule has 0 unspecified atom stereocenters. The van der Waals surface area contributed by atoms with Crippen molar-refractivity contribution in [1.29, 1.82) is 0 Å². The topological polar surface area (TPSA) is 20.2 Å².